The van der Waals surface area contributed by atoms with Crippen molar-refractivity contribution in [2.45, 2.75) is 45.3 Å². The van der Waals surface area contributed by atoms with Gasteiger partial charge in [0.05, 0.1) is 12.4 Å². The van der Waals surface area contributed by atoms with Crippen molar-refractivity contribution in [2.75, 3.05) is 0 Å². The molecule has 96 valence electrons. The van der Waals surface area contributed by atoms with Gasteiger partial charge in [-0.15, -0.1) is 0 Å². The molecule has 1 saturated carbocycles. The van der Waals surface area contributed by atoms with Crippen LogP contribution in [0.3, 0.4) is 0 Å². The number of ether oxygens (including phenoxy) is 1. The highest BCUT2D eigenvalue weighted by Gasteiger charge is 2.28. The first-order valence-corrected chi connectivity index (χ1v) is 6.22. The molecule has 2 heterocycles. The molecule has 1 aliphatic rings. The lowest BCUT2D eigenvalue weighted by atomic mass is 10.4. The molecule has 0 bridgehead atoms. The molecular weight excluding hydrogens is 232 g/mol. The van der Waals surface area contributed by atoms with Crippen LogP contribution >= 0.6 is 0 Å². The zero-order valence-electron chi connectivity index (χ0n) is 10.5. The van der Waals surface area contributed by atoms with Gasteiger partial charge >= 0.3 is 0 Å². The molecule has 0 atom stereocenters. The molecule has 0 radical (unpaired) electrons. The Bertz CT molecular complexity index is 487. The van der Waals surface area contributed by atoms with Crippen LogP contribution in [0.25, 0.3) is 0 Å². The number of aromatic nitrogens is 4. The number of hydrogen-bond acceptors (Lipinski definition) is 5. The number of rotatable bonds is 5. The molecule has 0 saturated heterocycles. The van der Waals surface area contributed by atoms with Crippen molar-refractivity contribution in [3.05, 3.63) is 24.1 Å². The summed E-state index contributed by atoms with van der Waals surface area (Å²) >= 11 is 0. The maximum Gasteiger partial charge on any atom is 0.264 e. The summed E-state index contributed by atoms with van der Waals surface area (Å²) in [6.45, 7) is 4.43. The lowest BCUT2D eigenvalue weighted by molar-refractivity contribution is 0.242. The van der Waals surface area contributed by atoms with E-state index in [-0.39, 0.29) is 0 Å². The molecular formula is C12H16N4O2. The highest BCUT2D eigenvalue weighted by Crippen LogP contribution is 2.38. The van der Waals surface area contributed by atoms with Crippen LogP contribution in [0.1, 0.15) is 50.4 Å². The summed E-state index contributed by atoms with van der Waals surface area (Å²) in [5, 5.41) is 8.13. The number of nitrogens with zero attached hydrogens (tertiary/aromatic N) is 4. The van der Waals surface area contributed by atoms with Crippen molar-refractivity contribution >= 4 is 0 Å². The van der Waals surface area contributed by atoms with Gasteiger partial charge in [0.2, 0.25) is 0 Å². The molecule has 0 N–H and O–H groups in total. The van der Waals surface area contributed by atoms with Crippen LogP contribution in [0.4, 0.5) is 0 Å². The Morgan fingerprint density at radius 2 is 2.33 bits per heavy atom. The van der Waals surface area contributed by atoms with E-state index in [0.29, 0.717) is 24.5 Å². The predicted octanol–water partition coefficient (Wildman–Crippen LogP) is 2.30. The first-order valence-electron chi connectivity index (χ1n) is 6.22. The minimum Gasteiger partial charge on any atom is -0.480 e. The highest BCUT2D eigenvalue weighted by atomic mass is 16.5. The SMILES string of the molecule is CC(C)n1cc(OCc2nc(C3CC3)no2)cn1. The Hall–Kier alpha value is -1.85. The maximum absolute atomic E-state index is 5.56. The topological polar surface area (TPSA) is 66.0 Å². The smallest absolute Gasteiger partial charge is 0.264 e. The van der Waals surface area contributed by atoms with Crippen LogP contribution in [0, 0.1) is 0 Å². The number of hydrogen-bond donors (Lipinski definition) is 0. The first-order chi connectivity index (χ1) is 8.72. The van der Waals surface area contributed by atoms with Gasteiger partial charge in [-0.05, 0) is 26.7 Å². The largest absolute Gasteiger partial charge is 0.480 e. The fourth-order valence-electron chi connectivity index (χ4n) is 1.66. The zero-order chi connectivity index (χ0) is 12.5. The molecule has 0 aliphatic heterocycles. The average Bonchev–Trinajstić information content (AvgIpc) is 2.92. The van der Waals surface area contributed by atoms with E-state index in [9.17, 15) is 0 Å². The minimum absolute atomic E-state index is 0.295. The lowest BCUT2D eigenvalue weighted by Crippen LogP contribution is -2.00. The molecule has 2 aromatic heterocycles. The standard InChI is InChI=1S/C12H16N4O2/c1-8(2)16-6-10(5-13-16)17-7-11-14-12(15-18-11)9-3-4-9/h5-6,8-9H,3-4,7H2,1-2H3. The van der Waals surface area contributed by atoms with Crippen LogP contribution in [-0.4, -0.2) is 19.9 Å². The van der Waals surface area contributed by atoms with Crippen molar-refractivity contribution in [1.29, 1.82) is 0 Å². The summed E-state index contributed by atoms with van der Waals surface area (Å²) in [7, 11) is 0. The Balaban J connectivity index is 1.58. The van der Waals surface area contributed by atoms with Gasteiger partial charge in [-0.2, -0.15) is 10.1 Å². The first kappa shape index (κ1) is 11.3. The molecule has 3 rings (SSSR count). The van der Waals surface area contributed by atoms with Gasteiger partial charge in [0.15, 0.2) is 18.2 Å². The summed E-state index contributed by atoms with van der Waals surface area (Å²) in [5.41, 5.74) is 0. The quantitative estimate of drug-likeness (QED) is 0.812. The summed E-state index contributed by atoms with van der Waals surface area (Å²) in [6, 6.07) is 0.326. The van der Waals surface area contributed by atoms with Crippen molar-refractivity contribution < 1.29 is 9.26 Å². The van der Waals surface area contributed by atoms with Gasteiger partial charge in [-0.1, -0.05) is 5.16 Å². The van der Waals surface area contributed by atoms with Gasteiger partial charge in [0, 0.05) is 12.0 Å². The summed E-state index contributed by atoms with van der Waals surface area (Å²) in [5.74, 6) is 2.56. The highest BCUT2D eigenvalue weighted by molar-refractivity contribution is 5.12. The van der Waals surface area contributed by atoms with Crippen molar-refractivity contribution in [2.24, 2.45) is 0 Å². The molecule has 1 fully saturated rings. The average molecular weight is 248 g/mol. The van der Waals surface area contributed by atoms with Gasteiger partial charge < -0.3 is 9.26 Å². The molecule has 0 unspecified atom stereocenters. The molecule has 6 heteroatoms. The van der Waals surface area contributed by atoms with E-state index in [1.807, 2.05) is 10.9 Å². The Morgan fingerprint density at radius 1 is 1.50 bits per heavy atom. The minimum atomic E-state index is 0.295. The third kappa shape index (κ3) is 2.37. The Kier molecular flexibility index (Phi) is 2.77. The van der Waals surface area contributed by atoms with E-state index in [1.165, 1.54) is 12.8 Å². The van der Waals surface area contributed by atoms with Crippen LogP contribution in [-0.2, 0) is 6.61 Å². The lowest BCUT2D eigenvalue weighted by Gasteiger charge is -2.03. The summed E-state index contributed by atoms with van der Waals surface area (Å²) < 4.78 is 12.5. The molecule has 6 nitrogen and oxygen atoms in total. The van der Waals surface area contributed by atoms with Crippen LogP contribution in [0.15, 0.2) is 16.9 Å². The van der Waals surface area contributed by atoms with Crippen LogP contribution < -0.4 is 4.74 Å². The van der Waals surface area contributed by atoms with Crippen molar-refractivity contribution in [1.82, 2.24) is 19.9 Å². The van der Waals surface area contributed by atoms with Gasteiger partial charge in [-0.25, -0.2) is 0 Å². The summed E-state index contributed by atoms with van der Waals surface area (Å²) in [4.78, 5) is 4.30. The van der Waals surface area contributed by atoms with Gasteiger partial charge in [-0.3, -0.25) is 4.68 Å². The Morgan fingerprint density at radius 3 is 3.00 bits per heavy atom. The van der Waals surface area contributed by atoms with E-state index in [0.717, 1.165) is 11.6 Å². The second kappa shape index (κ2) is 4.44. The third-order valence-corrected chi connectivity index (χ3v) is 2.90. The third-order valence-electron chi connectivity index (χ3n) is 2.90. The van der Waals surface area contributed by atoms with Crippen LogP contribution in [0.5, 0.6) is 5.75 Å². The zero-order valence-corrected chi connectivity index (χ0v) is 10.5. The summed E-state index contributed by atoms with van der Waals surface area (Å²) in [6.07, 6.45) is 5.89. The molecule has 0 aromatic carbocycles. The molecule has 1 aliphatic carbocycles. The predicted molar refractivity (Wildman–Crippen MR) is 63.2 cm³/mol. The second-order valence-electron chi connectivity index (χ2n) is 4.86. The molecule has 0 amide bonds. The maximum atomic E-state index is 5.56. The van der Waals surface area contributed by atoms with E-state index in [4.69, 9.17) is 9.26 Å². The van der Waals surface area contributed by atoms with E-state index in [1.54, 1.807) is 6.20 Å². The van der Waals surface area contributed by atoms with Crippen LogP contribution in [0.2, 0.25) is 0 Å². The molecule has 2 aromatic rings. The molecule has 0 spiro atoms. The van der Waals surface area contributed by atoms with E-state index in [2.05, 4.69) is 29.1 Å². The van der Waals surface area contributed by atoms with Gasteiger partial charge in [0.25, 0.3) is 5.89 Å². The molecule has 18 heavy (non-hydrogen) atoms. The van der Waals surface area contributed by atoms with Crippen molar-refractivity contribution in [3.63, 3.8) is 0 Å². The monoisotopic (exact) mass is 248 g/mol. The Labute approximate surface area is 105 Å². The van der Waals surface area contributed by atoms with E-state index >= 15 is 0 Å². The second-order valence-corrected chi connectivity index (χ2v) is 4.86. The normalized spacial score (nSPS) is 15.3. The fourth-order valence-corrected chi connectivity index (χ4v) is 1.66. The van der Waals surface area contributed by atoms with Crippen molar-refractivity contribution in [3.8, 4) is 5.75 Å². The van der Waals surface area contributed by atoms with Gasteiger partial charge in [0.1, 0.15) is 0 Å². The fraction of sp³-hybridized carbons (Fsp3) is 0.583. The van der Waals surface area contributed by atoms with E-state index < -0.39 is 0 Å².